The number of nitrogens with one attached hydrogen (secondary N) is 2. The van der Waals surface area contributed by atoms with Crippen LogP contribution in [0.15, 0.2) is 0 Å². The number of hydrogen-bond acceptors (Lipinski definition) is 6. The van der Waals surface area contributed by atoms with E-state index >= 15 is 0 Å². The fourth-order valence-corrected chi connectivity index (χ4v) is 2.22. The summed E-state index contributed by atoms with van der Waals surface area (Å²) in [7, 11) is 0. The van der Waals surface area contributed by atoms with Crippen LogP contribution in [0.4, 0.5) is 0 Å². The van der Waals surface area contributed by atoms with Crippen molar-refractivity contribution in [1.29, 1.82) is 0 Å². The molecule has 0 aromatic carbocycles. The lowest BCUT2D eigenvalue weighted by Gasteiger charge is -2.23. The number of aliphatic carboxylic acids is 1. The molecule has 0 fully saturated rings. The van der Waals surface area contributed by atoms with E-state index in [2.05, 4.69) is 10.6 Å². The van der Waals surface area contributed by atoms with Crippen LogP contribution in [0, 0.1) is 5.92 Å². The third-order valence-corrected chi connectivity index (χ3v) is 3.93. The van der Waals surface area contributed by atoms with Gasteiger partial charge in [0.25, 0.3) is 0 Å². The van der Waals surface area contributed by atoms with Crippen molar-refractivity contribution < 1.29 is 24.3 Å². The van der Waals surface area contributed by atoms with E-state index in [0.29, 0.717) is 5.75 Å². The van der Waals surface area contributed by atoms with Gasteiger partial charge in [0.2, 0.25) is 17.7 Å². The van der Waals surface area contributed by atoms with Crippen molar-refractivity contribution in [3.63, 3.8) is 0 Å². The van der Waals surface area contributed by atoms with Crippen molar-refractivity contribution in [3.8, 4) is 0 Å². The highest BCUT2D eigenvalue weighted by atomic mass is 32.2. The Morgan fingerprint density at radius 3 is 2.04 bits per heavy atom. The Morgan fingerprint density at radius 1 is 1.08 bits per heavy atom. The van der Waals surface area contributed by atoms with E-state index in [1.807, 2.05) is 6.26 Å². The third-order valence-electron chi connectivity index (χ3n) is 3.28. The first-order chi connectivity index (χ1) is 11.1. The maximum atomic E-state index is 12.2. The second-order valence-electron chi connectivity index (χ2n) is 5.68. The number of carboxylic acids is 1. The average Bonchev–Trinajstić information content (AvgIpc) is 2.48. The Bertz CT molecular complexity index is 472. The molecule has 0 heterocycles. The Labute approximate surface area is 145 Å². The van der Waals surface area contributed by atoms with Crippen LogP contribution in [0.1, 0.15) is 26.7 Å². The zero-order valence-corrected chi connectivity index (χ0v) is 14.9. The first kappa shape index (κ1) is 22.2. The second-order valence-corrected chi connectivity index (χ2v) is 6.67. The molecule has 7 N–H and O–H groups in total. The number of thioether (sulfide) groups is 1. The van der Waals surface area contributed by atoms with Crippen LogP contribution in [0.3, 0.4) is 0 Å². The van der Waals surface area contributed by atoms with Crippen molar-refractivity contribution in [2.24, 2.45) is 17.4 Å². The summed E-state index contributed by atoms with van der Waals surface area (Å²) >= 11 is 1.44. The summed E-state index contributed by atoms with van der Waals surface area (Å²) in [6, 6.07) is -3.24. The number of amides is 3. The quantitative estimate of drug-likeness (QED) is 0.303. The summed E-state index contributed by atoms with van der Waals surface area (Å²) in [5.41, 5.74) is 10.8. The molecule has 0 radical (unpaired) electrons. The molecule has 3 atom stereocenters. The first-order valence-electron chi connectivity index (χ1n) is 7.46. The Morgan fingerprint density at radius 2 is 1.62 bits per heavy atom. The molecule has 0 aliphatic carbocycles. The zero-order chi connectivity index (χ0) is 18.9. The highest BCUT2D eigenvalue weighted by molar-refractivity contribution is 7.98. The molecule has 24 heavy (non-hydrogen) atoms. The topological polar surface area (TPSA) is 165 Å². The number of carboxylic acid groups (broad SMARTS) is 1. The normalized spacial score (nSPS) is 14.5. The standard InChI is InChI=1S/C14H26N4O5S/c1-7(2)11(16)13(21)18-9(6-10(15)19)12(20)17-8(14(22)23)4-5-24-3/h7-9,11H,4-6,16H2,1-3H3,(H2,15,19)(H,17,20)(H,18,21)(H,22,23). The van der Waals surface area contributed by atoms with Crippen LogP contribution in [0.5, 0.6) is 0 Å². The average molecular weight is 362 g/mol. The predicted octanol–water partition coefficient (Wildman–Crippen LogP) is -1.35. The van der Waals surface area contributed by atoms with Crippen molar-refractivity contribution >= 4 is 35.5 Å². The minimum atomic E-state index is -1.27. The minimum Gasteiger partial charge on any atom is -0.480 e. The predicted molar refractivity (Wildman–Crippen MR) is 91.1 cm³/mol. The summed E-state index contributed by atoms with van der Waals surface area (Å²) in [6.45, 7) is 3.46. The fraction of sp³-hybridized carbons (Fsp3) is 0.714. The molecule has 10 heteroatoms. The monoisotopic (exact) mass is 362 g/mol. The molecule has 0 spiro atoms. The van der Waals surface area contributed by atoms with Crippen molar-refractivity contribution in [3.05, 3.63) is 0 Å². The SMILES string of the molecule is CSCCC(NC(=O)C(CC(N)=O)NC(=O)C(N)C(C)C)C(=O)O. The van der Waals surface area contributed by atoms with Gasteiger partial charge in [-0.05, 0) is 24.3 Å². The lowest BCUT2D eigenvalue weighted by atomic mass is 10.0. The molecule has 0 aliphatic heterocycles. The maximum absolute atomic E-state index is 12.2. The third kappa shape index (κ3) is 8.16. The summed E-state index contributed by atoms with van der Waals surface area (Å²) in [4.78, 5) is 46.5. The molecule has 138 valence electrons. The van der Waals surface area contributed by atoms with Crippen LogP contribution in [-0.4, -0.2) is 58.9 Å². The maximum Gasteiger partial charge on any atom is 0.326 e. The fourth-order valence-electron chi connectivity index (χ4n) is 1.75. The first-order valence-corrected chi connectivity index (χ1v) is 8.85. The molecule has 0 saturated heterocycles. The smallest absolute Gasteiger partial charge is 0.326 e. The van der Waals surface area contributed by atoms with Crippen LogP contribution >= 0.6 is 11.8 Å². The highest BCUT2D eigenvalue weighted by Crippen LogP contribution is 2.04. The van der Waals surface area contributed by atoms with Gasteiger partial charge in [-0.2, -0.15) is 11.8 Å². The summed E-state index contributed by atoms with van der Waals surface area (Å²) in [5, 5.41) is 13.8. The molecule has 0 saturated carbocycles. The molecule has 0 aromatic heterocycles. The van der Waals surface area contributed by atoms with E-state index in [0.717, 1.165) is 0 Å². The molecule has 3 unspecified atom stereocenters. The lowest BCUT2D eigenvalue weighted by molar-refractivity contribution is -0.142. The van der Waals surface area contributed by atoms with Crippen LogP contribution in [0.25, 0.3) is 0 Å². The Hall–Kier alpha value is -1.81. The number of hydrogen-bond donors (Lipinski definition) is 5. The highest BCUT2D eigenvalue weighted by Gasteiger charge is 2.29. The van der Waals surface area contributed by atoms with Crippen molar-refractivity contribution in [2.75, 3.05) is 12.0 Å². The minimum absolute atomic E-state index is 0.171. The second kappa shape index (κ2) is 10.9. The number of primary amides is 1. The van der Waals surface area contributed by atoms with E-state index in [4.69, 9.17) is 16.6 Å². The molecule has 3 amide bonds. The van der Waals surface area contributed by atoms with Crippen LogP contribution < -0.4 is 22.1 Å². The van der Waals surface area contributed by atoms with Gasteiger partial charge in [-0.15, -0.1) is 0 Å². The van der Waals surface area contributed by atoms with E-state index < -0.39 is 48.2 Å². The number of nitrogens with two attached hydrogens (primary N) is 2. The molecular weight excluding hydrogens is 336 g/mol. The Kier molecular flexibility index (Phi) is 10.0. The summed E-state index contributed by atoms with van der Waals surface area (Å²) in [5.74, 6) is -3.03. The number of carbonyl (C=O) groups excluding carboxylic acids is 3. The van der Waals surface area contributed by atoms with Gasteiger partial charge in [-0.25, -0.2) is 4.79 Å². The van der Waals surface area contributed by atoms with Gasteiger partial charge in [-0.3, -0.25) is 14.4 Å². The summed E-state index contributed by atoms with van der Waals surface area (Å²) in [6.07, 6.45) is 1.58. The molecule has 0 aliphatic rings. The van der Waals surface area contributed by atoms with Crippen LogP contribution in [0.2, 0.25) is 0 Å². The van der Waals surface area contributed by atoms with Gasteiger partial charge in [0.1, 0.15) is 12.1 Å². The largest absolute Gasteiger partial charge is 0.480 e. The van der Waals surface area contributed by atoms with E-state index in [1.165, 1.54) is 11.8 Å². The van der Waals surface area contributed by atoms with Gasteiger partial charge in [0, 0.05) is 0 Å². The molecule has 0 rings (SSSR count). The molecular formula is C14H26N4O5S. The van der Waals surface area contributed by atoms with Gasteiger partial charge in [0.15, 0.2) is 0 Å². The number of carbonyl (C=O) groups is 4. The zero-order valence-electron chi connectivity index (χ0n) is 14.1. The molecule has 9 nitrogen and oxygen atoms in total. The van der Waals surface area contributed by atoms with Gasteiger partial charge in [-0.1, -0.05) is 13.8 Å². The molecule has 0 aromatic rings. The van der Waals surface area contributed by atoms with E-state index in [9.17, 15) is 19.2 Å². The van der Waals surface area contributed by atoms with Gasteiger partial charge < -0.3 is 27.2 Å². The summed E-state index contributed by atoms with van der Waals surface area (Å²) < 4.78 is 0. The van der Waals surface area contributed by atoms with Crippen molar-refractivity contribution in [1.82, 2.24) is 10.6 Å². The van der Waals surface area contributed by atoms with E-state index in [1.54, 1.807) is 13.8 Å². The van der Waals surface area contributed by atoms with E-state index in [-0.39, 0.29) is 12.3 Å². The van der Waals surface area contributed by atoms with Crippen molar-refractivity contribution in [2.45, 2.75) is 44.8 Å². The van der Waals surface area contributed by atoms with Crippen LogP contribution in [-0.2, 0) is 19.2 Å². The Balaban J connectivity index is 5.01. The lowest BCUT2D eigenvalue weighted by Crippen LogP contribution is -2.56. The molecule has 0 bridgehead atoms. The number of rotatable bonds is 11. The van der Waals surface area contributed by atoms with Gasteiger partial charge in [0.05, 0.1) is 12.5 Å². The van der Waals surface area contributed by atoms with Gasteiger partial charge >= 0.3 is 5.97 Å².